The number of rotatable bonds is 4. The first kappa shape index (κ1) is 17.4. The lowest BCUT2D eigenvalue weighted by molar-refractivity contribution is -0.120. The molecule has 1 N–H and O–H groups in total. The quantitative estimate of drug-likeness (QED) is 0.649. The Labute approximate surface area is 151 Å². The molecule has 2 aromatic rings. The van der Waals surface area contributed by atoms with Crippen LogP contribution in [0.3, 0.4) is 0 Å². The van der Waals surface area contributed by atoms with Crippen LogP contribution in [0.1, 0.15) is 16.8 Å². The van der Waals surface area contributed by atoms with Crippen LogP contribution >= 0.6 is 11.3 Å². The summed E-state index contributed by atoms with van der Waals surface area (Å²) < 4.78 is 1.70. The summed E-state index contributed by atoms with van der Waals surface area (Å²) in [5, 5.41) is 8.40. The van der Waals surface area contributed by atoms with Crippen LogP contribution in [0.15, 0.2) is 23.6 Å². The highest BCUT2D eigenvalue weighted by atomic mass is 32.1. The highest BCUT2D eigenvalue weighted by Gasteiger charge is 2.27. The molecule has 0 radical (unpaired) electrons. The van der Waals surface area contributed by atoms with Crippen LogP contribution in [0, 0.1) is 6.92 Å². The zero-order valence-corrected chi connectivity index (χ0v) is 15.6. The number of nitrogens with one attached hydrogen (secondary N) is 1. The van der Waals surface area contributed by atoms with E-state index >= 15 is 0 Å². The first-order chi connectivity index (χ1) is 12.1. The number of hydrogen-bond acceptors (Lipinski definition) is 5. The van der Waals surface area contributed by atoms with Gasteiger partial charge in [-0.25, -0.2) is 9.98 Å². The fourth-order valence-electron chi connectivity index (χ4n) is 2.72. The molecule has 1 saturated heterocycles. The summed E-state index contributed by atoms with van der Waals surface area (Å²) >= 11 is 1.65. The normalized spacial score (nSPS) is 15.8. The number of aryl methyl sites for hydroxylation is 2. The highest BCUT2D eigenvalue weighted by molar-refractivity contribution is 7.11. The van der Waals surface area contributed by atoms with Crippen LogP contribution in [0.25, 0.3) is 0 Å². The number of aromatic nitrogens is 3. The number of amides is 1. The van der Waals surface area contributed by atoms with Crippen molar-refractivity contribution in [2.45, 2.75) is 20.4 Å². The molecule has 1 amide bonds. The van der Waals surface area contributed by atoms with Crippen LogP contribution < -0.4 is 10.2 Å². The maximum atomic E-state index is 12.6. The summed E-state index contributed by atoms with van der Waals surface area (Å²) in [5.74, 6) is 0.810. The van der Waals surface area contributed by atoms with E-state index in [1.807, 2.05) is 38.2 Å². The molecule has 0 aliphatic carbocycles. The topological polar surface area (TPSA) is 78.7 Å². The van der Waals surface area contributed by atoms with Gasteiger partial charge >= 0.3 is 0 Å². The second kappa shape index (κ2) is 7.64. The van der Waals surface area contributed by atoms with Gasteiger partial charge in [0, 0.05) is 44.0 Å². The predicted molar refractivity (Wildman–Crippen MR) is 98.8 cm³/mol. The zero-order chi connectivity index (χ0) is 17.8. The number of nitrogens with zero attached hydrogens (tertiary/aromatic N) is 6. The van der Waals surface area contributed by atoms with Crippen LogP contribution in [0.4, 0.5) is 5.69 Å². The molecule has 0 aromatic carbocycles. The molecule has 1 aliphatic rings. The Balaban J connectivity index is 1.67. The average Bonchev–Trinajstić information content (AvgIpc) is 3.19. The van der Waals surface area contributed by atoms with Gasteiger partial charge in [-0.05, 0) is 13.8 Å². The molecule has 8 nitrogen and oxygen atoms in total. The number of aliphatic imine (C=N–C) groups is 1. The lowest BCUT2D eigenvalue weighted by Gasteiger charge is -2.35. The van der Waals surface area contributed by atoms with Crippen molar-refractivity contribution in [1.82, 2.24) is 25.0 Å². The monoisotopic (exact) mass is 361 g/mol. The smallest absolute Gasteiger partial charge is 0.246 e. The Morgan fingerprint density at radius 2 is 2.24 bits per heavy atom. The van der Waals surface area contributed by atoms with Crippen molar-refractivity contribution in [3.63, 3.8) is 0 Å². The number of carbonyl (C=O) groups is 1. The van der Waals surface area contributed by atoms with Crippen molar-refractivity contribution in [3.05, 3.63) is 28.5 Å². The minimum Gasteiger partial charge on any atom is -0.356 e. The Morgan fingerprint density at radius 1 is 1.40 bits per heavy atom. The third kappa shape index (κ3) is 4.16. The summed E-state index contributed by atoms with van der Waals surface area (Å²) in [5.41, 5.74) is 0.840. The summed E-state index contributed by atoms with van der Waals surface area (Å²) in [6, 6.07) is 0. The molecule has 9 heteroatoms. The van der Waals surface area contributed by atoms with E-state index in [2.05, 4.69) is 20.4 Å². The van der Waals surface area contributed by atoms with Crippen LogP contribution in [-0.2, 0) is 18.4 Å². The predicted octanol–water partition coefficient (Wildman–Crippen LogP) is 0.999. The fourth-order valence-corrected chi connectivity index (χ4v) is 3.43. The molecule has 3 rings (SSSR count). The second-order valence-corrected chi connectivity index (χ2v) is 7.19. The van der Waals surface area contributed by atoms with Gasteiger partial charge in [-0.2, -0.15) is 5.10 Å². The molecule has 0 bridgehead atoms. The first-order valence-electron chi connectivity index (χ1n) is 8.30. The van der Waals surface area contributed by atoms with Gasteiger partial charge in [0.2, 0.25) is 5.91 Å². The fraction of sp³-hybridized carbons (Fsp3) is 0.500. The molecule has 2 aromatic heterocycles. The summed E-state index contributed by atoms with van der Waals surface area (Å²) in [4.78, 5) is 26.5. The minimum absolute atomic E-state index is 0.0509. The molecule has 0 spiro atoms. The maximum absolute atomic E-state index is 12.6. The van der Waals surface area contributed by atoms with Crippen molar-refractivity contribution >= 4 is 28.9 Å². The highest BCUT2D eigenvalue weighted by Crippen LogP contribution is 2.16. The Hall–Kier alpha value is -2.42. The zero-order valence-electron chi connectivity index (χ0n) is 14.8. The molecule has 1 aliphatic heterocycles. The number of anilines is 1. The van der Waals surface area contributed by atoms with E-state index < -0.39 is 0 Å². The largest absolute Gasteiger partial charge is 0.356 e. The Bertz CT molecular complexity index is 766. The van der Waals surface area contributed by atoms with Crippen molar-refractivity contribution < 1.29 is 4.79 Å². The van der Waals surface area contributed by atoms with Gasteiger partial charge in [0.05, 0.1) is 18.4 Å². The Morgan fingerprint density at radius 3 is 2.84 bits per heavy atom. The third-order valence-corrected chi connectivity index (χ3v) is 4.79. The van der Waals surface area contributed by atoms with Crippen molar-refractivity contribution in [2.24, 2.45) is 12.0 Å². The molecule has 0 saturated carbocycles. The number of thiazole rings is 1. The SMILES string of the molecule is CCNC(=NCc1ncc(C)s1)N1CCN(c2cnn(C)c2)C(=O)C1. The Kier molecular flexibility index (Phi) is 5.32. The summed E-state index contributed by atoms with van der Waals surface area (Å²) in [6.07, 6.45) is 5.44. The number of guanidine groups is 1. The molecular formula is C16H23N7OS. The molecule has 3 heterocycles. The lowest BCUT2D eigenvalue weighted by Crippen LogP contribution is -2.55. The number of carbonyl (C=O) groups excluding carboxylic acids is 1. The molecule has 25 heavy (non-hydrogen) atoms. The van der Waals surface area contributed by atoms with Crippen molar-refractivity contribution in [3.8, 4) is 0 Å². The van der Waals surface area contributed by atoms with Gasteiger partial charge in [0.15, 0.2) is 5.96 Å². The number of piperazine rings is 1. The third-order valence-electron chi connectivity index (χ3n) is 3.89. The standard InChI is InChI=1S/C16H23N7OS/c1-4-17-16(19-9-14-18-7-12(2)25-14)22-5-6-23(15(24)11-22)13-8-20-21(3)10-13/h7-8,10H,4-6,9,11H2,1-3H3,(H,17,19). The average molecular weight is 361 g/mol. The summed E-state index contributed by atoms with van der Waals surface area (Å²) in [7, 11) is 1.85. The molecule has 0 unspecified atom stereocenters. The van der Waals surface area contributed by atoms with E-state index in [-0.39, 0.29) is 5.91 Å². The number of hydrogen-bond donors (Lipinski definition) is 1. The van der Waals surface area contributed by atoms with E-state index in [1.54, 1.807) is 27.1 Å². The molecular weight excluding hydrogens is 338 g/mol. The molecule has 1 fully saturated rings. The van der Waals surface area contributed by atoms with Crippen molar-refractivity contribution in [1.29, 1.82) is 0 Å². The van der Waals surface area contributed by atoms with Crippen LogP contribution in [0.2, 0.25) is 0 Å². The van der Waals surface area contributed by atoms with Gasteiger partial charge in [-0.1, -0.05) is 0 Å². The van der Waals surface area contributed by atoms with Gasteiger partial charge < -0.3 is 15.1 Å². The maximum Gasteiger partial charge on any atom is 0.246 e. The molecule has 134 valence electrons. The lowest BCUT2D eigenvalue weighted by atomic mass is 10.3. The van der Waals surface area contributed by atoms with E-state index in [0.29, 0.717) is 19.6 Å². The summed E-state index contributed by atoms with van der Waals surface area (Å²) in [6.45, 7) is 6.99. The van der Waals surface area contributed by atoms with Crippen LogP contribution in [-0.4, -0.2) is 57.7 Å². The van der Waals surface area contributed by atoms with Crippen LogP contribution in [0.5, 0.6) is 0 Å². The minimum atomic E-state index is 0.0509. The molecule has 0 atom stereocenters. The second-order valence-electron chi connectivity index (χ2n) is 5.87. The van der Waals surface area contributed by atoms with Gasteiger partial charge in [0.1, 0.15) is 11.6 Å². The van der Waals surface area contributed by atoms with Gasteiger partial charge in [0.25, 0.3) is 0 Å². The van der Waals surface area contributed by atoms with E-state index in [0.717, 1.165) is 29.7 Å². The van der Waals surface area contributed by atoms with Crippen molar-refractivity contribution in [2.75, 3.05) is 31.1 Å². The van der Waals surface area contributed by atoms with Gasteiger partial charge in [-0.15, -0.1) is 11.3 Å². The van der Waals surface area contributed by atoms with E-state index in [4.69, 9.17) is 0 Å². The van der Waals surface area contributed by atoms with E-state index in [9.17, 15) is 4.79 Å². The first-order valence-corrected chi connectivity index (χ1v) is 9.12. The van der Waals surface area contributed by atoms with E-state index in [1.165, 1.54) is 4.88 Å². The van der Waals surface area contributed by atoms with Gasteiger partial charge in [-0.3, -0.25) is 9.48 Å².